The van der Waals surface area contributed by atoms with Crippen LogP contribution in [0.1, 0.15) is 31.9 Å². The van der Waals surface area contributed by atoms with Crippen molar-refractivity contribution in [3.05, 3.63) is 98.6 Å². The smallest absolute Gasteiger partial charge is 0.235 e. The van der Waals surface area contributed by atoms with Crippen LogP contribution in [0.15, 0.2) is 86.5 Å². The summed E-state index contributed by atoms with van der Waals surface area (Å²) in [6, 6.07) is 23.2. The Morgan fingerprint density at radius 3 is 2.23 bits per heavy atom. The van der Waals surface area contributed by atoms with E-state index in [-0.39, 0.29) is 23.2 Å². The molecule has 4 heteroatoms. The maximum Gasteiger partial charge on any atom is 0.235 e. The highest BCUT2D eigenvalue weighted by atomic mass is 79.9. The summed E-state index contributed by atoms with van der Waals surface area (Å²) in [5.41, 5.74) is 3.43. The summed E-state index contributed by atoms with van der Waals surface area (Å²) >= 11 is 3.44. The van der Waals surface area contributed by atoms with Gasteiger partial charge in [-0.15, -0.1) is 0 Å². The fourth-order valence-electron chi connectivity index (χ4n) is 3.30. The molecule has 0 aliphatic heterocycles. The highest BCUT2D eigenvalue weighted by Crippen LogP contribution is 2.33. The Kier molecular flexibility index (Phi) is 5.52. The zero-order valence-electron chi connectivity index (χ0n) is 17.2. The number of benzene rings is 3. The molecule has 0 amide bonds. The van der Waals surface area contributed by atoms with E-state index in [0.29, 0.717) is 16.7 Å². The lowest BCUT2D eigenvalue weighted by molar-refractivity contribution is 0.298. The second kappa shape index (κ2) is 8.11. The summed E-state index contributed by atoms with van der Waals surface area (Å²) < 4.78 is 13.2. The first-order valence-electron chi connectivity index (χ1n) is 9.87. The van der Waals surface area contributed by atoms with Gasteiger partial charge >= 0.3 is 0 Å². The van der Waals surface area contributed by atoms with Crippen LogP contribution in [0.4, 0.5) is 0 Å². The van der Waals surface area contributed by atoms with E-state index < -0.39 is 0 Å². The van der Waals surface area contributed by atoms with Gasteiger partial charge in [-0.3, -0.25) is 4.79 Å². The molecule has 0 saturated heterocycles. The first-order chi connectivity index (χ1) is 14.3. The van der Waals surface area contributed by atoms with Crippen molar-refractivity contribution in [1.29, 1.82) is 0 Å². The number of hydrogen-bond donors (Lipinski definition) is 0. The summed E-state index contributed by atoms with van der Waals surface area (Å²) in [7, 11) is 0. The highest BCUT2D eigenvalue weighted by Gasteiger charge is 2.19. The predicted octanol–water partition coefficient (Wildman–Crippen LogP) is 7.10. The second-order valence-electron chi connectivity index (χ2n) is 8.33. The van der Waals surface area contributed by atoms with Gasteiger partial charge in [0.1, 0.15) is 12.2 Å². The number of rotatable bonds is 4. The van der Waals surface area contributed by atoms with Crippen LogP contribution in [0.3, 0.4) is 0 Å². The van der Waals surface area contributed by atoms with Gasteiger partial charge in [-0.25, -0.2) is 0 Å². The molecule has 0 spiro atoms. The van der Waals surface area contributed by atoms with Crippen LogP contribution in [0, 0.1) is 0 Å². The molecular weight excluding hydrogens is 440 g/mol. The molecule has 1 heterocycles. The maximum absolute atomic E-state index is 13.2. The van der Waals surface area contributed by atoms with Gasteiger partial charge in [0.05, 0.1) is 5.39 Å². The van der Waals surface area contributed by atoms with Crippen LogP contribution in [-0.2, 0) is 12.0 Å². The van der Waals surface area contributed by atoms with Gasteiger partial charge in [-0.1, -0.05) is 85.2 Å². The van der Waals surface area contributed by atoms with Crippen LogP contribution in [0.25, 0.3) is 22.3 Å². The Morgan fingerprint density at radius 1 is 0.900 bits per heavy atom. The third-order valence-electron chi connectivity index (χ3n) is 5.07. The lowest BCUT2D eigenvalue weighted by Gasteiger charge is -2.19. The van der Waals surface area contributed by atoms with Gasteiger partial charge in [0, 0.05) is 10.0 Å². The third-order valence-corrected chi connectivity index (χ3v) is 5.59. The Labute approximate surface area is 184 Å². The molecule has 4 rings (SSSR count). The molecule has 0 atom stereocenters. The van der Waals surface area contributed by atoms with E-state index in [9.17, 15) is 4.79 Å². The molecule has 4 aromatic rings. The largest absolute Gasteiger partial charge is 0.481 e. The van der Waals surface area contributed by atoms with Crippen LogP contribution < -0.4 is 10.2 Å². The monoisotopic (exact) mass is 462 g/mol. The average molecular weight is 463 g/mol. The Bertz CT molecular complexity index is 1230. The van der Waals surface area contributed by atoms with Crippen molar-refractivity contribution in [2.45, 2.75) is 32.8 Å². The van der Waals surface area contributed by atoms with Crippen LogP contribution in [0.5, 0.6) is 5.75 Å². The van der Waals surface area contributed by atoms with E-state index in [2.05, 4.69) is 48.8 Å². The molecule has 0 fully saturated rings. The van der Waals surface area contributed by atoms with Gasteiger partial charge < -0.3 is 9.15 Å². The minimum absolute atomic E-state index is 0.0453. The summed E-state index contributed by atoms with van der Waals surface area (Å²) in [6.07, 6.45) is 0. The lowest BCUT2D eigenvalue weighted by atomic mass is 9.86. The van der Waals surface area contributed by atoms with Crippen molar-refractivity contribution in [3.63, 3.8) is 0 Å². The van der Waals surface area contributed by atoms with Crippen molar-refractivity contribution in [3.8, 4) is 17.1 Å². The van der Waals surface area contributed by atoms with E-state index in [1.165, 1.54) is 5.56 Å². The van der Waals surface area contributed by atoms with Crippen molar-refractivity contribution in [2.24, 2.45) is 0 Å². The normalized spacial score (nSPS) is 11.6. The molecule has 3 aromatic carbocycles. The molecular formula is C26H23BrO3. The summed E-state index contributed by atoms with van der Waals surface area (Å²) in [6.45, 7) is 6.80. The molecule has 0 radical (unpaired) electrons. The summed E-state index contributed by atoms with van der Waals surface area (Å²) in [4.78, 5) is 13.2. The highest BCUT2D eigenvalue weighted by molar-refractivity contribution is 9.10. The molecule has 152 valence electrons. The Hall–Kier alpha value is -2.85. The molecule has 0 unspecified atom stereocenters. The number of para-hydroxylation sites is 1. The molecule has 0 N–H and O–H groups in total. The molecule has 0 bridgehead atoms. The third kappa shape index (κ3) is 4.19. The fraction of sp³-hybridized carbons (Fsp3) is 0.192. The van der Waals surface area contributed by atoms with E-state index in [4.69, 9.17) is 9.15 Å². The van der Waals surface area contributed by atoms with Crippen LogP contribution in [-0.4, -0.2) is 0 Å². The standard InChI is InChI=1S/C26H23BrO3/c1-26(2,3)19-12-10-18(11-13-19)24-25(29-16-17-8-14-20(27)15-9-17)23(28)21-6-4-5-7-22(21)30-24/h4-15H,16H2,1-3H3. The zero-order valence-corrected chi connectivity index (χ0v) is 18.8. The van der Waals surface area contributed by atoms with E-state index in [0.717, 1.165) is 15.6 Å². The zero-order chi connectivity index (χ0) is 21.3. The second-order valence-corrected chi connectivity index (χ2v) is 9.24. The minimum Gasteiger partial charge on any atom is -0.481 e. The van der Waals surface area contributed by atoms with Crippen molar-refractivity contribution >= 4 is 26.9 Å². The van der Waals surface area contributed by atoms with E-state index >= 15 is 0 Å². The molecule has 0 aliphatic rings. The van der Waals surface area contributed by atoms with Crippen LogP contribution >= 0.6 is 15.9 Å². The van der Waals surface area contributed by atoms with Gasteiger partial charge in [0.15, 0.2) is 5.76 Å². The van der Waals surface area contributed by atoms with Crippen molar-refractivity contribution in [1.82, 2.24) is 0 Å². The topological polar surface area (TPSA) is 39.4 Å². The predicted molar refractivity (Wildman–Crippen MR) is 125 cm³/mol. The average Bonchev–Trinajstić information content (AvgIpc) is 2.74. The van der Waals surface area contributed by atoms with Crippen molar-refractivity contribution < 1.29 is 9.15 Å². The molecule has 0 aliphatic carbocycles. The first kappa shape index (κ1) is 20.4. The van der Waals surface area contributed by atoms with Gasteiger partial charge in [0.25, 0.3) is 0 Å². The van der Waals surface area contributed by atoms with E-state index in [1.54, 1.807) is 6.07 Å². The summed E-state index contributed by atoms with van der Waals surface area (Å²) in [5.74, 6) is 0.691. The van der Waals surface area contributed by atoms with Crippen molar-refractivity contribution in [2.75, 3.05) is 0 Å². The quantitative estimate of drug-likeness (QED) is 0.324. The molecule has 1 aromatic heterocycles. The SMILES string of the molecule is CC(C)(C)c1ccc(-c2oc3ccccc3c(=O)c2OCc2ccc(Br)cc2)cc1. The number of fused-ring (bicyclic) bond motifs is 1. The number of hydrogen-bond acceptors (Lipinski definition) is 3. The Morgan fingerprint density at radius 2 is 1.57 bits per heavy atom. The molecule has 3 nitrogen and oxygen atoms in total. The Balaban J connectivity index is 1.80. The number of ether oxygens (including phenoxy) is 1. The number of halogens is 1. The van der Waals surface area contributed by atoms with Crippen LogP contribution in [0.2, 0.25) is 0 Å². The molecule has 30 heavy (non-hydrogen) atoms. The minimum atomic E-state index is -0.163. The lowest BCUT2D eigenvalue weighted by Crippen LogP contribution is -2.11. The van der Waals surface area contributed by atoms with Gasteiger partial charge in [0.2, 0.25) is 11.2 Å². The first-order valence-corrected chi connectivity index (χ1v) is 10.7. The van der Waals surface area contributed by atoms with E-state index in [1.807, 2.05) is 54.6 Å². The van der Waals surface area contributed by atoms with Gasteiger partial charge in [-0.2, -0.15) is 0 Å². The van der Waals surface area contributed by atoms with Gasteiger partial charge in [-0.05, 0) is 40.8 Å². The fourth-order valence-corrected chi connectivity index (χ4v) is 3.57. The summed E-state index contributed by atoms with van der Waals surface area (Å²) in [5, 5.41) is 0.512. The molecule has 0 saturated carbocycles. The maximum atomic E-state index is 13.2.